The lowest BCUT2D eigenvalue weighted by Gasteiger charge is -2.43. The SMILES string of the molecule is CCCOc1cc(C)nc(N2CCN(C3CNC3)CC2)n1. The minimum Gasteiger partial charge on any atom is -0.478 e. The molecule has 3 rings (SSSR count). The lowest BCUT2D eigenvalue weighted by Crippen LogP contribution is -2.61. The average Bonchev–Trinajstić information content (AvgIpc) is 2.43. The summed E-state index contributed by atoms with van der Waals surface area (Å²) in [6, 6.07) is 2.64. The molecular formula is C15H25N5O. The number of hydrogen-bond donors (Lipinski definition) is 1. The topological polar surface area (TPSA) is 53.5 Å². The van der Waals surface area contributed by atoms with E-state index in [4.69, 9.17) is 4.74 Å². The molecular weight excluding hydrogens is 266 g/mol. The third kappa shape index (κ3) is 3.44. The van der Waals surface area contributed by atoms with Crippen LogP contribution >= 0.6 is 0 Å². The van der Waals surface area contributed by atoms with E-state index in [1.165, 1.54) is 0 Å². The van der Waals surface area contributed by atoms with Gasteiger partial charge < -0.3 is 15.0 Å². The predicted octanol–water partition coefficient (Wildman–Crippen LogP) is 0.668. The third-order valence-corrected chi connectivity index (χ3v) is 4.15. The summed E-state index contributed by atoms with van der Waals surface area (Å²) in [6.07, 6.45) is 0.993. The maximum atomic E-state index is 5.66. The molecule has 1 aromatic rings. The van der Waals surface area contributed by atoms with Crippen molar-refractivity contribution >= 4 is 5.95 Å². The third-order valence-electron chi connectivity index (χ3n) is 4.15. The van der Waals surface area contributed by atoms with Gasteiger partial charge in [-0.05, 0) is 13.3 Å². The molecule has 0 radical (unpaired) electrons. The van der Waals surface area contributed by atoms with Crippen LogP contribution < -0.4 is 15.0 Å². The van der Waals surface area contributed by atoms with Crippen LogP contribution in [0.2, 0.25) is 0 Å². The van der Waals surface area contributed by atoms with Gasteiger partial charge in [-0.2, -0.15) is 4.98 Å². The van der Waals surface area contributed by atoms with Gasteiger partial charge in [-0.15, -0.1) is 0 Å². The van der Waals surface area contributed by atoms with E-state index in [1.807, 2.05) is 13.0 Å². The van der Waals surface area contributed by atoms with Crippen molar-refractivity contribution in [2.24, 2.45) is 0 Å². The molecule has 6 nitrogen and oxygen atoms in total. The number of anilines is 1. The lowest BCUT2D eigenvalue weighted by molar-refractivity contribution is 0.137. The zero-order chi connectivity index (χ0) is 14.7. The second kappa shape index (κ2) is 6.58. The molecule has 2 saturated heterocycles. The van der Waals surface area contributed by atoms with Gasteiger partial charge in [-0.1, -0.05) is 6.92 Å². The first-order chi connectivity index (χ1) is 10.3. The Labute approximate surface area is 126 Å². The van der Waals surface area contributed by atoms with Crippen molar-refractivity contribution in [3.05, 3.63) is 11.8 Å². The fourth-order valence-electron chi connectivity index (χ4n) is 2.77. The zero-order valence-electron chi connectivity index (χ0n) is 13.0. The smallest absolute Gasteiger partial charge is 0.228 e. The van der Waals surface area contributed by atoms with Gasteiger partial charge in [-0.3, -0.25) is 4.90 Å². The summed E-state index contributed by atoms with van der Waals surface area (Å²) in [4.78, 5) is 14.0. The molecule has 0 atom stereocenters. The van der Waals surface area contributed by atoms with Crippen LogP contribution in [0.5, 0.6) is 5.88 Å². The summed E-state index contributed by atoms with van der Waals surface area (Å²) in [6.45, 7) is 11.2. The maximum Gasteiger partial charge on any atom is 0.228 e. The van der Waals surface area contributed by atoms with Gasteiger partial charge in [0.25, 0.3) is 0 Å². The highest BCUT2D eigenvalue weighted by molar-refractivity contribution is 5.35. The van der Waals surface area contributed by atoms with E-state index in [0.717, 1.165) is 63.4 Å². The molecule has 116 valence electrons. The molecule has 3 heterocycles. The van der Waals surface area contributed by atoms with E-state index >= 15 is 0 Å². The van der Waals surface area contributed by atoms with Crippen LogP contribution in [0.3, 0.4) is 0 Å². The van der Waals surface area contributed by atoms with E-state index in [1.54, 1.807) is 0 Å². The van der Waals surface area contributed by atoms with Gasteiger partial charge >= 0.3 is 0 Å². The van der Waals surface area contributed by atoms with Crippen molar-refractivity contribution in [2.45, 2.75) is 26.3 Å². The molecule has 0 saturated carbocycles. The van der Waals surface area contributed by atoms with E-state index in [2.05, 4.69) is 32.0 Å². The Hall–Kier alpha value is -1.40. The number of rotatable bonds is 5. The van der Waals surface area contributed by atoms with Crippen LogP contribution in [0.25, 0.3) is 0 Å². The van der Waals surface area contributed by atoms with Crippen LogP contribution in [0, 0.1) is 6.92 Å². The standard InChI is InChI=1S/C15H25N5O/c1-3-8-21-14-9-12(2)17-15(18-14)20-6-4-19(5-7-20)13-10-16-11-13/h9,13,16H,3-8,10-11H2,1-2H3. The number of aromatic nitrogens is 2. The zero-order valence-corrected chi connectivity index (χ0v) is 13.0. The van der Waals surface area contributed by atoms with Crippen molar-refractivity contribution in [3.63, 3.8) is 0 Å². The number of aryl methyl sites for hydroxylation is 1. The molecule has 0 amide bonds. The van der Waals surface area contributed by atoms with Crippen LogP contribution in [0.1, 0.15) is 19.0 Å². The molecule has 0 aliphatic carbocycles. The van der Waals surface area contributed by atoms with Crippen molar-refractivity contribution < 1.29 is 4.74 Å². The van der Waals surface area contributed by atoms with E-state index in [-0.39, 0.29) is 0 Å². The summed E-state index contributed by atoms with van der Waals surface area (Å²) in [5.74, 6) is 1.51. The first-order valence-corrected chi connectivity index (χ1v) is 7.94. The molecule has 1 N–H and O–H groups in total. The summed E-state index contributed by atoms with van der Waals surface area (Å²) in [5.41, 5.74) is 0.969. The summed E-state index contributed by atoms with van der Waals surface area (Å²) >= 11 is 0. The largest absolute Gasteiger partial charge is 0.478 e. The lowest BCUT2D eigenvalue weighted by atomic mass is 10.1. The highest BCUT2D eigenvalue weighted by atomic mass is 16.5. The summed E-state index contributed by atoms with van der Waals surface area (Å²) < 4.78 is 5.66. The Balaban J connectivity index is 1.62. The molecule has 2 aliphatic rings. The van der Waals surface area contributed by atoms with Crippen LogP contribution in [0.4, 0.5) is 5.95 Å². The molecule has 2 fully saturated rings. The van der Waals surface area contributed by atoms with Crippen molar-refractivity contribution in [1.82, 2.24) is 20.2 Å². The van der Waals surface area contributed by atoms with E-state index in [9.17, 15) is 0 Å². The first-order valence-electron chi connectivity index (χ1n) is 7.94. The maximum absolute atomic E-state index is 5.66. The molecule has 0 bridgehead atoms. The average molecular weight is 291 g/mol. The van der Waals surface area contributed by atoms with Gasteiger partial charge in [0.05, 0.1) is 6.61 Å². The Morgan fingerprint density at radius 3 is 2.62 bits per heavy atom. The van der Waals surface area contributed by atoms with Crippen molar-refractivity contribution in [1.29, 1.82) is 0 Å². The Morgan fingerprint density at radius 2 is 2.00 bits per heavy atom. The molecule has 1 aromatic heterocycles. The highest BCUT2D eigenvalue weighted by Gasteiger charge is 2.28. The summed E-state index contributed by atoms with van der Waals surface area (Å²) in [7, 11) is 0. The van der Waals surface area contributed by atoms with Crippen LogP contribution in [-0.4, -0.2) is 66.8 Å². The number of hydrogen-bond acceptors (Lipinski definition) is 6. The number of ether oxygens (including phenoxy) is 1. The monoisotopic (exact) mass is 291 g/mol. The van der Waals surface area contributed by atoms with Crippen LogP contribution in [-0.2, 0) is 0 Å². The van der Waals surface area contributed by atoms with E-state index in [0.29, 0.717) is 12.5 Å². The number of nitrogens with zero attached hydrogens (tertiary/aromatic N) is 4. The van der Waals surface area contributed by atoms with Gasteiger partial charge in [0, 0.05) is 57.1 Å². The summed E-state index contributed by atoms with van der Waals surface area (Å²) in [5, 5.41) is 3.34. The fourth-order valence-corrected chi connectivity index (χ4v) is 2.77. The van der Waals surface area contributed by atoms with Crippen LogP contribution in [0.15, 0.2) is 6.07 Å². The van der Waals surface area contributed by atoms with Crippen molar-refractivity contribution in [3.8, 4) is 5.88 Å². The highest BCUT2D eigenvalue weighted by Crippen LogP contribution is 2.18. The second-order valence-corrected chi connectivity index (χ2v) is 5.83. The van der Waals surface area contributed by atoms with Gasteiger partial charge in [-0.25, -0.2) is 4.98 Å². The first kappa shape index (κ1) is 14.5. The second-order valence-electron chi connectivity index (χ2n) is 5.83. The number of piperazine rings is 1. The van der Waals surface area contributed by atoms with Crippen molar-refractivity contribution in [2.75, 3.05) is 50.8 Å². The van der Waals surface area contributed by atoms with Gasteiger partial charge in [0.2, 0.25) is 11.8 Å². The fraction of sp³-hybridized carbons (Fsp3) is 0.733. The molecule has 0 unspecified atom stereocenters. The normalized spacial score (nSPS) is 20.4. The predicted molar refractivity (Wildman–Crippen MR) is 83.0 cm³/mol. The minimum atomic E-state index is 0.699. The Morgan fingerprint density at radius 1 is 1.24 bits per heavy atom. The van der Waals surface area contributed by atoms with Gasteiger partial charge in [0.1, 0.15) is 0 Å². The minimum absolute atomic E-state index is 0.699. The molecule has 2 aliphatic heterocycles. The number of nitrogens with one attached hydrogen (secondary N) is 1. The Bertz CT molecular complexity index is 469. The van der Waals surface area contributed by atoms with Gasteiger partial charge in [0.15, 0.2) is 0 Å². The molecule has 0 aromatic carbocycles. The molecule has 6 heteroatoms. The van der Waals surface area contributed by atoms with E-state index < -0.39 is 0 Å². The quantitative estimate of drug-likeness (QED) is 0.860. The molecule has 0 spiro atoms. The Kier molecular flexibility index (Phi) is 4.55. The molecule has 21 heavy (non-hydrogen) atoms.